The van der Waals surface area contributed by atoms with Gasteiger partial charge in [0.15, 0.2) is 0 Å². The molecule has 0 spiro atoms. The standard InChI is InChI=1S/C15H31N3/c1-12(2)18-10-9-15(11-18)17(4)14-7-5-13(16-3)6-8-14/h12-16H,5-11H2,1-4H3. The van der Waals surface area contributed by atoms with E-state index in [1.165, 1.54) is 45.2 Å². The van der Waals surface area contributed by atoms with Crippen LogP contribution in [0.25, 0.3) is 0 Å². The molecule has 18 heavy (non-hydrogen) atoms. The normalized spacial score (nSPS) is 34.7. The quantitative estimate of drug-likeness (QED) is 0.826. The van der Waals surface area contributed by atoms with Crippen LogP contribution in [0.15, 0.2) is 0 Å². The highest BCUT2D eigenvalue weighted by Gasteiger charge is 2.32. The van der Waals surface area contributed by atoms with Gasteiger partial charge in [-0.05, 0) is 60.0 Å². The van der Waals surface area contributed by atoms with Crippen molar-refractivity contribution in [3.05, 3.63) is 0 Å². The van der Waals surface area contributed by atoms with Crippen LogP contribution in [-0.4, -0.2) is 61.2 Å². The van der Waals surface area contributed by atoms with Gasteiger partial charge in [0.1, 0.15) is 0 Å². The lowest BCUT2D eigenvalue weighted by molar-refractivity contribution is 0.125. The van der Waals surface area contributed by atoms with Crippen LogP contribution in [0.1, 0.15) is 46.0 Å². The van der Waals surface area contributed by atoms with Gasteiger partial charge in [-0.1, -0.05) is 0 Å². The largest absolute Gasteiger partial charge is 0.317 e. The Kier molecular flexibility index (Phi) is 5.05. The second kappa shape index (κ2) is 6.36. The number of likely N-dealkylation sites (N-methyl/N-ethyl adjacent to an activating group) is 1. The van der Waals surface area contributed by atoms with Gasteiger partial charge in [0.25, 0.3) is 0 Å². The van der Waals surface area contributed by atoms with Gasteiger partial charge in [-0.25, -0.2) is 0 Å². The fourth-order valence-corrected chi connectivity index (χ4v) is 3.64. The molecular formula is C15H31N3. The number of nitrogens with one attached hydrogen (secondary N) is 1. The van der Waals surface area contributed by atoms with E-state index < -0.39 is 0 Å². The lowest BCUT2D eigenvalue weighted by Gasteiger charge is -2.38. The molecule has 1 N–H and O–H groups in total. The van der Waals surface area contributed by atoms with Crippen molar-refractivity contribution in [3.8, 4) is 0 Å². The lowest BCUT2D eigenvalue weighted by atomic mass is 9.89. The SMILES string of the molecule is CNC1CCC(N(C)C2CCN(C(C)C)C2)CC1. The van der Waals surface area contributed by atoms with Crippen molar-refractivity contribution in [2.24, 2.45) is 0 Å². The number of rotatable bonds is 4. The predicted octanol–water partition coefficient (Wildman–Crippen LogP) is 1.93. The van der Waals surface area contributed by atoms with E-state index in [1.54, 1.807) is 0 Å². The molecule has 3 heteroatoms. The van der Waals surface area contributed by atoms with E-state index >= 15 is 0 Å². The fourth-order valence-electron chi connectivity index (χ4n) is 3.64. The number of hydrogen-bond donors (Lipinski definition) is 1. The van der Waals surface area contributed by atoms with Crippen LogP contribution < -0.4 is 5.32 Å². The maximum atomic E-state index is 3.43. The van der Waals surface area contributed by atoms with E-state index in [2.05, 4.69) is 43.1 Å². The zero-order valence-electron chi connectivity index (χ0n) is 12.7. The predicted molar refractivity (Wildman–Crippen MR) is 78.0 cm³/mol. The highest BCUT2D eigenvalue weighted by Crippen LogP contribution is 2.26. The zero-order chi connectivity index (χ0) is 13.1. The minimum absolute atomic E-state index is 0.712. The molecule has 3 nitrogen and oxygen atoms in total. The highest BCUT2D eigenvalue weighted by atomic mass is 15.3. The molecule has 106 valence electrons. The Morgan fingerprint density at radius 1 is 1.06 bits per heavy atom. The summed E-state index contributed by atoms with van der Waals surface area (Å²) in [7, 11) is 4.46. The molecule has 0 radical (unpaired) electrons. The summed E-state index contributed by atoms with van der Waals surface area (Å²) >= 11 is 0. The van der Waals surface area contributed by atoms with E-state index in [0.29, 0.717) is 6.04 Å². The number of nitrogens with zero attached hydrogens (tertiary/aromatic N) is 2. The Hall–Kier alpha value is -0.120. The molecule has 1 saturated heterocycles. The summed E-state index contributed by atoms with van der Waals surface area (Å²) in [5.74, 6) is 0. The monoisotopic (exact) mass is 253 g/mol. The molecule has 0 amide bonds. The Morgan fingerprint density at radius 3 is 2.22 bits per heavy atom. The van der Waals surface area contributed by atoms with Gasteiger partial charge in [0.2, 0.25) is 0 Å². The van der Waals surface area contributed by atoms with Crippen LogP contribution in [0.5, 0.6) is 0 Å². The Labute approximate surface area is 113 Å². The third kappa shape index (κ3) is 3.25. The molecule has 2 aliphatic rings. The molecule has 0 aromatic rings. The van der Waals surface area contributed by atoms with Gasteiger partial charge < -0.3 is 5.32 Å². The van der Waals surface area contributed by atoms with Gasteiger partial charge in [-0.3, -0.25) is 9.80 Å². The van der Waals surface area contributed by atoms with E-state index in [0.717, 1.165) is 18.1 Å². The van der Waals surface area contributed by atoms with Gasteiger partial charge in [-0.15, -0.1) is 0 Å². The molecule has 0 bridgehead atoms. The van der Waals surface area contributed by atoms with Crippen LogP contribution in [0.2, 0.25) is 0 Å². The van der Waals surface area contributed by atoms with Crippen molar-refractivity contribution in [1.82, 2.24) is 15.1 Å². The van der Waals surface area contributed by atoms with Crippen LogP contribution in [0.3, 0.4) is 0 Å². The van der Waals surface area contributed by atoms with Gasteiger partial charge in [0.05, 0.1) is 0 Å². The van der Waals surface area contributed by atoms with Gasteiger partial charge in [0, 0.05) is 37.3 Å². The van der Waals surface area contributed by atoms with Gasteiger partial charge >= 0.3 is 0 Å². The minimum atomic E-state index is 0.712. The minimum Gasteiger partial charge on any atom is -0.317 e. The van der Waals surface area contributed by atoms with Crippen LogP contribution >= 0.6 is 0 Å². The lowest BCUT2D eigenvalue weighted by Crippen LogP contribution is -2.45. The van der Waals surface area contributed by atoms with Crippen molar-refractivity contribution in [1.29, 1.82) is 0 Å². The second-order valence-corrected chi connectivity index (χ2v) is 6.49. The Balaban J connectivity index is 1.80. The molecule has 0 aromatic heterocycles. The smallest absolute Gasteiger partial charge is 0.0235 e. The Bertz CT molecular complexity index is 246. The third-order valence-electron chi connectivity index (χ3n) is 5.18. The highest BCUT2D eigenvalue weighted by molar-refractivity contribution is 4.89. The molecule has 1 heterocycles. The molecule has 1 unspecified atom stereocenters. The van der Waals surface area contributed by atoms with E-state index in [-0.39, 0.29) is 0 Å². The van der Waals surface area contributed by atoms with Gasteiger partial charge in [-0.2, -0.15) is 0 Å². The van der Waals surface area contributed by atoms with E-state index in [9.17, 15) is 0 Å². The second-order valence-electron chi connectivity index (χ2n) is 6.49. The first-order chi connectivity index (χ1) is 8.61. The summed E-state index contributed by atoms with van der Waals surface area (Å²) in [4.78, 5) is 5.31. The van der Waals surface area contributed by atoms with Crippen LogP contribution in [-0.2, 0) is 0 Å². The molecule has 2 fully saturated rings. The average molecular weight is 253 g/mol. The van der Waals surface area contributed by atoms with E-state index in [4.69, 9.17) is 0 Å². The molecular weight excluding hydrogens is 222 g/mol. The van der Waals surface area contributed by atoms with Crippen LogP contribution in [0, 0.1) is 0 Å². The third-order valence-corrected chi connectivity index (χ3v) is 5.18. The summed E-state index contributed by atoms with van der Waals surface area (Å²) in [5, 5.41) is 3.43. The van der Waals surface area contributed by atoms with Crippen molar-refractivity contribution in [3.63, 3.8) is 0 Å². The molecule has 0 aromatic carbocycles. The fraction of sp³-hybridized carbons (Fsp3) is 1.00. The van der Waals surface area contributed by atoms with Crippen molar-refractivity contribution >= 4 is 0 Å². The number of likely N-dealkylation sites (tertiary alicyclic amines) is 1. The zero-order valence-corrected chi connectivity index (χ0v) is 12.7. The summed E-state index contributed by atoms with van der Waals surface area (Å²) < 4.78 is 0. The maximum Gasteiger partial charge on any atom is 0.0235 e. The molecule has 1 saturated carbocycles. The topological polar surface area (TPSA) is 18.5 Å². The first-order valence-electron chi connectivity index (χ1n) is 7.75. The molecule has 1 aliphatic heterocycles. The summed E-state index contributed by atoms with van der Waals surface area (Å²) in [6, 6.07) is 3.10. The first-order valence-corrected chi connectivity index (χ1v) is 7.75. The van der Waals surface area contributed by atoms with Crippen molar-refractivity contribution in [2.75, 3.05) is 27.2 Å². The Morgan fingerprint density at radius 2 is 1.72 bits per heavy atom. The number of hydrogen-bond acceptors (Lipinski definition) is 3. The molecule has 1 atom stereocenters. The van der Waals surface area contributed by atoms with Crippen LogP contribution in [0.4, 0.5) is 0 Å². The summed E-state index contributed by atoms with van der Waals surface area (Å²) in [6.07, 6.45) is 6.82. The average Bonchev–Trinajstić information content (AvgIpc) is 2.88. The van der Waals surface area contributed by atoms with E-state index in [1.807, 2.05) is 0 Å². The van der Waals surface area contributed by atoms with Crippen molar-refractivity contribution in [2.45, 2.75) is 70.1 Å². The molecule has 1 aliphatic carbocycles. The molecule has 2 rings (SSSR count). The summed E-state index contributed by atoms with van der Waals surface area (Å²) in [6.45, 7) is 7.21. The first kappa shape index (κ1) is 14.3. The summed E-state index contributed by atoms with van der Waals surface area (Å²) in [5.41, 5.74) is 0. The maximum absolute atomic E-state index is 3.43. The van der Waals surface area contributed by atoms with Crippen molar-refractivity contribution < 1.29 is 0 Å².